The molecule has 1 fully saturated rings. The van der Waals surface area contributed by atoms with E-state index in [1.54, 1.807) is 0 Å². The SMILES string of the molecule is CC.CC.CC.CCC(CCNCC1CCN(C)CC1)CC(C)C. The van der Waals surface area contributed by atoms with Gasteiger partial charge in [0.05, 0.1) is 0 Å². The number of nitrogens with one attached hydrogen (secondary N) is 1. The standard InChI is InChI=1S/C16H34N2.3C2H6/c1-5-15(12-14(2)3)6-9-17-13-16-7-10-18(4)11-8-16;3*1-2/h14-17H,5-13H2,1-4H3;3*1-2H3. The summed E-state index contributed by atoms with van der Waals surface area (Å²) >= 11 is 0. The van der Waals surface area contributed by atoms with E-state index in [1.807, 2.05) is 41.5 Å². The largest absolute Gasteiger partial charge is 0.316 e. The van der Waals surface area contributed by atoms with E-state index in [9.17, 15) is 0 Å². The molecule has 0 radical (unpaired) electrons. The lowest BCUT2D eigenvalue weighted by Gasteiger charge is -2.29. The molecule has 1 atom stereocenters. The van der Waals surface area contributed by atoms with Crippen LogP contribution in [0.4, 0.5) is 0 Å². The van der Waals surface area contributed by atoms with Crippen LogP contribution < -0.4 is 5.32 Å². The molecule has 1 unspecified atom stereocenters. The highest BCUT2D eigenvalue weighted by atomic mass is 15.1. The highest BCUT2D eigenvalue weighted by Gasteiger charge is 2.16. The minimum atomic E-state index is 0.851. The molecule has 0 aromatic heterocycles. The zero-order chi connectivity index (χ0) is 19.4. The van der Waals surface area contributed by atoms with Crippen LogP contribution in [0.25, 0.3) is 0 Å². The number of rotatable bonds is 8. The first kappa shape index (κ1) is 28.7. The molecule has 0 bridgehead atoms. The van der Waals surface area contributed by atoms with Crippen LogP contribution in [-0.4, -0.2) is 38.1 Å². The van der Waals surface area contributed by atoms with E-state index in [1.165, 1.54) is 58.3 Å². The molecular weight excluding hydrogens is 292 g/mol. The fraction of sp³-hybridized carbons (Fsp3) is 1.00. The molecule has 24 heavy (non-hydrogen) atoms. The van der Waals surface area contributed by atoms with E-state index in [2.05, 4.69) is 38.0 Å². The number of hydrogen-bond acceptors (Lipinski definition) is 2. The maximum Gasteiger partial charge on any atom is -0.00187 e. The number of hydrogen-bond donors (Lipinski definition) is 1. The van der Waals surface area contributed by atoms with E-state index < -0.39 is 0 Å². The van der Waals surface area contributed by atoms with Crippen molar-refractivity contribution in [3.05, 3.63) is 0 Å². The van der Waals surface area contributed by atoms with Crippen LogP contribution in [-0.2, 0) is 0 Å². The third-order valence-corrected chi connectivity index (χ3v) is 4.38. The summed E-state index contributed by atoms with van der Waals surface area (Å²) in [7, 11) is 2.24. The van der Waals surface area contributed by atoms with Gasteiger partial charge in [-0.3, -0.25) is 0 Å². The van der Waals surface area contributed by atoms with Crippen molar-refractivity contribution >= 4 is 0 Å². The first-order valence-corrected chi connectivity index (χ1v) is 11.0. The smallest absolute Gasteiger partial charge is 0.00187 e. The topological polar surface area (TPSA) is 15.3 Å². The molecule has 2 nitrogen and oxygen atoms in total. The van der Waals surface area contributed by atoms with Crippen molar-refractivity contribution in [2.24, 2.45) is 17.8 Å². The summed E-state index contributed by atoms with van der Waals surface area (Å²) in [6.07, 6.45) is 6.86. The Morgan fingerprint density at radius 3 is 1.88 bits per heavy atom. The van der Waals surface area contributed by atoms with Gasteiger partial charge < -0.3 is 10.2 Å². The van der Waals surface area contributed by atoms with Crippen LogP contribution in [0.2, 0.25) is 0 Å². The van der Waals surface area contributed by atoms with Crippen LogP contribution in [0, 0.1) is 17.8 Å². The fourth-order valence-corrected chi connectivity index (χ4v) is 3.03. The van der Waals surface area contributed by atoms with E-state index in [-0.39, 0.29) is 0 Å². The molecule has 1 saturated heterocycles. The summed E-state index contributed by atoms with van der Waals surface area (Å²) in [4.78, 5) is 2.45. The predicted octanol–water partition coefficient (Wildman–Crippen LogP) is 6.46. The third kappa shape index (κ3) is 18.3. The van der Waals surface area contributed by atoms with Gasteiger partial charge in [-0.05, 0) is 76.7 Å². The maximum atomic E-state index is 3.69. The quantitative estimate of drug-likeness (QED) is 0.508. The fourth-order valence-electron chi connectivity index (χ4n) is 3.03. The van der Waals surface area contributed by atoms with Gasteiger partial charge in [0, 0.05) is 0 Å². The van der Waals surface area contributed by atoms with E-state index in [0.29, 0.717) is 0 Å². The molecule has 1 aliphatic rings. The molecule has 0 aromatic carbocycles. The number of nitrogens with zero attached hydrogens (tertiary/aromatic N) is 1. The predicted molar refractivity (Wildman–Crippen MR) is 115 cm³/mol. The summed E-state index contributed by atoms with van der Waals surface area (Å²) in [6.45, 7) is 24.1. The maximum absolute atomic E-state index is 3.69. The second-order valence-electron chi connectivity index (χ2n) is 6.64. The van der Waals surface area contributed by atoms with Gasteiger partial charge in [0.15, 0.2) is 0 Å². The zero-order valence-electron chi connectivity index (χ0n) is 19.0. The van der Waals surface area contributed by atoms with Crippen molar-refractivity contribution in [3.63, 3.8) is 0 Å². The van der Waals surface area contributed by atoms with E-state index in [0.717, 1.165) is 17.8 Å². The van der Waals surface area contributed by atoms with Gasteiger partial charge in [-0.15, -0.1) is 0 Å². The monoisotopic (exact) mass is 344 g/mol. The lowest BCUT2D eigenvalue weighted by Crippen LogP contribution is -2.35. The Labute approximate surface area is 156 Å². The Hall–Kier alpha value is -0.0800. The summed E-state index contributed by atoms with van der Waals surface area (Å²) in [5, 5.41) is 3.69. The molecule has 1 N–H and O–H groups in total. The minimum Gasteiger partial charge on any atom is -0.316 e. The van der Waals surface area contributed by atoms with Crippen LogP contribution in [0.5, 0.6) is 0 Å². The molecule has 1 rings (SSSR count). The van der Waals surface area contributed by atoms with Crippen molar-refractivity contribution in [3.8, 4) is 0 Å². The summed E-state index contributed by atoms with van der Waals surface area (Å²) in [5.74, 6) is 2.70. The molecular formula is C22H52N2. The zero-order valence-corrected chi connectivity index (χ0v) is 19.0. The average Bonchev–Trinajstić information content (AvgIpc) is 2.64. The highest BCUT2D eigenvalue weighted by Crippen LogP contribution is 2.18. The third-order valence-electron chi connectivity index (χ3n) is 4.38. The van der Waals surface area contributed by atoms with Crippen LogP contribution >= 0.6 is 0 Å². The Balaban J connectivity index is -0.000000659. The van der Waals surface area contributed by atoms with Crippen molar-refractivity contribution in [1.29, 1.82) is 0 Å². The van der Waals surface area contributed by atoms with Crippen LogP contribution in [0.15, 0.2) is 0 Å². The van der Waals surface area contributed by atoms with Gasteiger partial charge in [0.2, 0.25) is 0 Å². The Morgan fingerprint density at radius 2 is 1.46 bits per heavy atom. The Morgan fingerprint density at radius 1 is 0.958 bits per heavy atom. The lowest BCUT2D eigenvalue weighted by atomic mass is 9.92. The minimum absolute atomic E-state index is 0.851. The second kappa shape index (κ2) is 22.9. The Bertz CT molecular complexity index is 196. The highest BCUT2D eigenvalue weighted by molar-refractivity contribution is 4.72. The molecule has 0 aliphatic carbocycles. The summed E-state index contributed by atoms with van der Waals surface area (Å²) in [5.41, 5.74) is 0. The first-order valence-electron chi connectivity index (χ1n) is 11.0. The van der Waals surface area contributed by atoms with Crippen molar-refractivity contribution in [2.75, 3.05) is 33.2 Å². The van der Waals surface area contributed by atoms with Gasteiger partial charge in [-0.1, -0.05) is 68.7 Å². The molecule has 0 spiro atoms. The van der Waals surface area contributed by atoms with Crippen molar-refractivity contribution in [1.82, 2.24) is 10.2 Å². The van der Waals surface area contributed by atoms with Gasteiger partial charge in [0.1, 0.15) is 0 Å². The molecule has 2 heteroatoms. The van der Waals surface area contributed by atoms with E-state index in [4.69, 9.17) is 0 Å². The van der Waals surface area contributed by atoms with Gasteiger partial charge in [-0.2, -0.15) is 0 Å². The molecule has 0 aromatic rings. The Kier molecular flexibility index (Phi) is 27.4. The first-order chi connectivity index (χ1) is 11.6. The van der Waals surface area contributed by atoms with Crippen LogP contribution in [0.1, 0.15) is 94.4 Å². The average molecular weight is 345 g/mol. The van der Waals surface area contributed by atoms with E-state index >= 15 is 0 Å². The number of piperidine rings is 1. The van der Waals surface area contributed by atoms with Crippen molar-refractivity contribution < 1.29 is 0 Å². The lowest BCUT2D eigenvalue weighted by molar-refractivity contribution is 0.215. The molecule has 1 heterocycles. The normalized spacial score (nSPS) is 16.1. The molecule has 150 valence electrons. The van der Waals surface area contributed by atoms with Gasteiger partial charge in [0.25, 0.3) is 0 Å². The van der Waals surface area contributed by atoms with Gasteiger partial charge >= 0.3 is 0 Å². The van der Waals surface area contributed by atoms with Crippen molar-refractivity contribution in [2.45, 2.75) is 94.4 Å². The second-order valence-corrected chi connectivity index (χ2v) is 6.64. The van der Waals surface area contributed by atoms with Gasteiger partial charge in [-0.25, -0.2) is 0 Å². The molecule has 1 aliphatic heterocycles. The number of likely N-dealkylation sites (tertiary alicyclic amines) is 1. The summed E-state index contributed by atoms with van der Waals surface area (Å²) < 4.78 is 0. The van der Waals surface area contributed by atoms with Crippen LogP contribution in [0.3, 0.4) is 0 Å². The molecule has 0 saturated carbocycles. The molecule has 0 amide bonds. The summed E-state index contributed by atoms with van der Waals surface area (Å²) in [6, 6.07) is 0.